The van der Waals surface area contributed by atoms with Gasteiger partial charge in [0.2, 0.25) is 0 Å². The smallest absolute Gasteiger partial charge is 0.412 e. The zero-order chi connectivity index (χ0) is 15.4. The molecule has 1 aliphatic carbocycles. The molecule has 116 valence electrons. The van der Waals surface area contributed by atoms with E-state index in [1.165, 1.54) is 16.2 Å². The van der Waals surface area contributed by atoms with Crippen molar-refractivity contribution in [3.63, 3.8) is 0 Å². The van der Waals surface area contributed by atoms with Gasteiger partial charge in [0.25, 0.3) is 0 Å². The van der Waals surface area contributed by atoms with E-state index in [2.05, 4.69) is 5.32 Å². The van der Waals surface area contributed by atoms with Gasteiger partial charge in [-0.1, -0.05) is 0 Å². The van der Waals surface area contributed by atoms with Crippen LogP contribution in [0, 0.1) is 0 Å². The molecule has 0 bridgehead atoms. The SMILES string of the molecule is CCOC(=O)c1c(NC(=O)OC(C)C)sc2c1CCCC2. The normalized spacial score (nSPS) is 13.7. The number of hydrogen-bond donors (Lipinski definition) is 1. The minimum Gasteiger partial charge on any atom is -0.462 e. The molecule has 0 saturated heterocycles. The van der Waals surface area contributed by atoms with Crippen LogP contribution in [0.3, 0.4) is 0 Å². The van der Waals surface area contributed by atoms with E-state index in [0.717, 1.165) is 31.2 Å². The number of carbonyl (C=O) groups excluding carboxylic acids is 2. The molecule has 2 rings (SSSR count). The summed E-state index contributed by atoms with van der Waals surface area (Å²) in [6.45, 7) is 5.66. The number of amides is 1. The Bertz CT molecular complexity index is 536. The first-order valence-corrected chi connectivity index (χ1v) is 8.13. The molecular formula is C15H21NO4S. The zero-order valence-electron chi connectivity index (χ0n) is 12.7. The van der Waals surface area contributed by atoms with Gasteiger partial charge in [0.05, 0.1) is 18.3 Å². The monoisotopic (exact) mass is 311 g/mol. The Morgan fingerprint density at radius 3 is 2.67 bits per heavy atom. The molecule has 5 nitrogen and oxygen atoms in total. The molecule has 1 heterocycles. The van der Waals surface area contributed by atoms with Gasteiger partial charge < -0.3 is 9.47 Å². The number of esters is 1. The van der Waals surface area contributed by atoms with E-state index in [9.17, 15) is 9.59 Å². The average Bonchev–Trinajstić information content (AvgIpc) is 2.75. The van der Waals surface area contributed by atoms with E-state index in [4.69, 9.17) is 9.47 Å². The first-order valence-electron chi connectivity index (χ1n) is 7.32. The summed E-state index contributed by atoms with van der Waals surface area (Å²) in [6, 6.07) is 0. The van der Waals surface area contributed by atoms with Crippen LogP contribution in [0.1, 0.15) is 54.4 Å². The Morgan fingerprint density at radius 2 is 2.00 bits per heavy atom. The highest BCUT2D eigenvalue weighted by atomic mass is 32.1. The van der Waals surface area contributed by atoms with Crippen molar-refractivity contribution in [2.75, 3.05) is 11.9 Å². The molecular weight excluding hydrogens is 290 g/mol. The quantitative estimate of drug-likeness (QED) is 0.860. The molecule has 21 heavy (non-hydrogen) atoms. The maximum Gasteiger partial charge on any atom is 0.412 e. The van der Waals surface area contributed by atoms with Crippen LogP contribution in [0.15, 0.2) is 0 Å². The highest BCUT2D eigenvalue weighted by Crippen LogP contribution is 2.38. The fourth-order valence-electron chi connectivity index (χ4n) is 2.41. The first kappa shape index (κ1) is 15.8. The van der Waals surface area contributed by atoms with Crippen molar-refractivity contribution in [2.45, 2.75) is 52.6 Å². The third-order valence-electron chi connectivity index (χ3n) is 3.21. The van der Waals surface area contributed by atoms with Crippen molar-refractivity contribution in [1.29, 1.82) is 0 Å². The largest absolute Gasteiger partial charge is 0.462 e. The lowest BCUT2D eigenvalue weighted by atomic mass is 9.95. The topological polar surface area (TPSA) is 64.6 Å². The minimum atomic E-state index is -0.533. The number of carbonyl (C=O) groups is 2. The van der Waals surface area contributed by atoms with Crippen LogP contribution in [0.25, 0.3) is 0 Å². The number of thiophene rings is 1. The van der Waals surface area contributed by atoms with E-state index in [1.54, 1.807) is 20.8 Å². The Balaban J connectivity index is 2.28. The molecule has 1 amide bonds. The van der Waals surface area contributed by atoms with Gasteiger partial charge >= 0.3 is 12.1 Å². The Labute approximate surface area is 128 Å². The number of fused-ring (bicyclic) bond motifs is 1. The third-order valence-corrected chi connectivity index (χ3v) is 4.42. The van der Waals surface area contributed by atoms with Gasteiger partial charge in [-0.3, -0.25) is 5.32 Å². The fraction of sp³-hybridized carbons (Fsp3) is 0.600. The molecule has 0 saturated carbocycles. The number of nitrogens with one attached hydrogen (secondary N) is 1. The van der Waals surface area contributed by atoms with Crippen molar-refractivity contribution < 1.29 is 19.1 Å². The molecule has 0 aliphatic heterocycles. The van der Waals surface area contributed by atoms with E-state index in [-0.39, 0.29) is 12.1 Å². The van der Waals surface area contributed by atoms with Gasteiger partial charge in [0, 0.05) is 4.88 Å². The zero-order valence-corrected chi connectivity index (χ0v) is 13.5. The number of ether oxygens (including phenoxy) is 2. The summed E-state index contributed by atoms with van der Waals surface area (Å²) >= 11 is 1.46. The molecule has 0 atom stereocenters. The summed E-state index contributed by atoms with van der Waals surface area (Å²) in [7, 11) is 0. The van der Waals surface area contributed by atoms with Crippen LogP contribution in [0.5, 0.6) is 0 Å². The second-order valence-corrected chi connectivity index (χ2v) is 6.32. The molecule has 0 radical (unpaired) electrons. The van der Waals surface area contributed by atoms with Crippen LogP contribution in [-0.2, 0) is 22.3 Å². The molecule has 1 aliphatic rings. The molecule has 0 unspecified atom stereocenters. The maximum atomic E-state index is 12.2. The number of rotatable bonds is 4. The van der Waals surface area contributed by atoms with E-state index in [1.807, 2.05) is 0 Å². The number of aryl methyl sites for hydroxylation is 1. The lowest BCUT2D eigenvalue weighted by Gasteiger charge is -2.12. The lowest BCUT2D eigenvalue weighted by Crippen LogP contribution is -2.19. The minimum absolute atomic E-state index is 0.203. The molecule has 0 fully saturated rings. The highest BCUT2D eigenvalue weighted by Gasteiger charge is 2.27. The van der Waals surface area contributed by atoms with Crippen molar-refractivity contribution in [1.82, 2.24) is 0 Å². The summed E-state index contributed by atoms with van der Waals surface area (Å²) in [5.41, 5.74) is 1.54. The summed E-state index contributed by atoms with van der Waals surface area (Å²) < 4.78 is 10.2. The Morgan fingerprint density at radius 1 is 1.29 bits per heavy atom. The lowest BCUT2D eigenvalue weighted by molar-refractivity contribution is 0.0526. The van der Waals surface area contributed by atoms with Crippen molar-refractivity contribution in [2.24, 2.45) is 0 Å². The van der Waals surface area contributed by atoms with Crippen LogP contribution < -0.4 is 5.32 Å². The first-order chi connectivity index (χ1) is 10.0. The number of anilines is 1. The van der Waals surface area contributed by atoms with E-state index >= 15 is 0 Å². The van der Waals surface area contributed by atoms with Gasteiger partial charge in [-0.05, 0) is 52.0 Å². The van der Waals surface area contributed by atoms with Crippen LogP contribution in [0.2, 0.25) is 0 Å². The molecule has 1 N–H and O–H groups in total. The van der Waals surface area contributed by atoms with E-state index < -0.39 is 6.09 Å². The maximum absolute atomic E-state index is 12.2. The molecule has 1 aromatic heterocycles. The van der Waals surface area contributed by atoms with Gasteiger partial charge in [0.15, 0.2) is 0 Å². The van der Waals surface area contributed by atoms with E-state index in [0.29, 0.717) is 17.2 Å². The second-order valence-electron chi connectivity index (χ2n) is 5.21. The fourth-order valence-corrected chi connectivity index (χ4v) is 3.67. The molecule has 0 aromatic carbocycles. The van der Waals surface area contributed by atoms with Crippen molar-refractivity contribution >= 4 is 28.4 Å². The Hall–Kier alpha value is -1.56. The highest BCUT2D eigenvalue weighted by molar-refractivity contribution is 7.17. The third kappa shape index (κ3) is 3.75. The molecule has 1 aromatic rings. The van der Waals surface area contributed by atoms with Gasteiger partial charge in [-0.15, -0.1) is 11.3 Å². The summed E-state index contributed by atoms with van der Waals surface area (Å²) in [6.07, 6.45) is 3.26. The number of hydrogen-bond acceptors (Lipinski definition) is 5. The van der Waals surface area contributed by atoms with Crippen molar-refractivity contribution in [3.05, 3.63) is 16.0 Å². The van der Waals surface area contributed by atoms with Gasteiger partial charge in [-0.25, -0.2) is 9.59 Å². The second kappa shape index (κ2) is 6.93. The average molecular weight is 311 g/mol. The predicted octanol–water partition coefficient (Wildman–Crippen LogP) is 3.76. The predicted molar refractivity (Wildman–Crippen MR) is 82.2 cm³/mol. The Kier molecular flexibility index (Phi) is 5.22. The summed E-state index contributed by atoms with van der Waals surface area (Å²) in [5, 5.41) is 3.24. The van der Waals surface area contributed by atoms with Gasteiger partial charge in [0.1, 0.15) is 5.00 Å². The van der Waals surface area contributed by atoms with Crippen LogP contribution >= 0.6 is 11.3 Å². The van der Waals surface area contributed by atoms with Gasteiger partial charge in [-0.2, -0.15) is 0 Å². The van der Waals surface area contributed by atoms with Crippen LogP contribution in [-0.4, -0.2) is 24.8 Å². The summed E-state index contributed by atoms with van der Waals surface area (Å²) in [4.78, 5) is 25.2. The summed E-state index contributed by atoms with van der Waals surface area (Å²) in [5.74, 6) is -0.364. The molecule has 6 heteroatoms. The van der Waals surface area contributed by atoms with Crippen molar-refractivity contribution in [3.8, 4) is 0 Å². The standard InChI is InChI=1S/C15H21NO4S/c1-4-19-14(17)12-10-7-5-6-8-11(10)21-13(12)16-15(18)20-9(2)3/h9H,4-8H2,1-3H3,(H,16,18). The van der Waals surface area contributed by atoms with Crippen LogP contribution in [0.4, 0.5) is 9.80 Å². The molecule has 0 spiro atoms.